The first-order valence-corrected chi connectivity index (χ1v) is 8.45. The summed E-state index contributed by atoms with van der Waals surface area (Å²) in [4.78, 5) is 21.0. The van der Waals surface area contributed by atoms with Crippen molar-refractivity contribution in [3.05, 3.63) is 66.0 Å². The van der Waals surface area contributed by atoms with Gasteiger partial charge >= 0.3 is 6.03 Å². The molecule has 24 heavy (non-hydrogen) atoms. The molecule has 1 aromatic carbocycles. The molecule has 0 saturated carbocycles. The fraction of sp³-hybridized carbons (Fsp3) is 0.368. The third-order valence-corrected chi connectivity index (χ3v) is 4.41. The minimum atomic E-state index is 0.0174. The molecule has 1 N–H and O–H groups in total. The number of piperazine rings is 1. The highest BCUT2D eigenvalue weighted by atomic mass is 16.2. The molecule has 2 amide bonds. The van der Waals surface area contributed by atoms with Crippen molar-refractivity contribution in [1.82, 2.24) is 20.1 Å². The molecule has 1 atom stereocenters. The molecule has 1 aliphatic rings. The molecule has 0 spiro atoms. The van der Waals surface area contributed by atoms with Crippen LogP contribution in [0.1, 0.15) is 24.2 Å². The lowest BCUT2D eigenvalue weighted by molar-refractivity contribution is 0.133. The maximum Gasteiger partial charge on any atom is 0.317 e. The minimum Gasteiger partial charge on any atom is -0.331 e. The number of pyridine rings is 1. The number of urea groups is 1. The van der Waals surface area contributed by atoms with E-state index in [-0.39, 0.29) is 12.1 Å². The van der Waals surface area contributed by atoms with E-state index >= 15 is 0 Å². The zero-order valence-corrected chi connectivity index (χ0v) is 14.1. The van der Waals surface area contributed by atoms with E-state index in [0.29, 0.717) is 0 Å². The number of amides is 2. The van der Waals surface area contributed by atoms with E-state index in [0.717, 1.165) is 44.0 Å². The lowest BCUT2D eigenvalue weighted by Crippen LogP contribution is -2.51. The van der Waals surface area contributed by atoms with Crippen LogP contribution in [0.15, 0.2) is 54.7 Å². The molecule has 0 bridgehead atoms. The largest absolute Gasteiger partial charge is 0.331 e. The van der Waals surface area contributed by atoms with Crippen LogP contribution in [-0.2, 0) is 6.54 Å². The van der Waals surface area contributed by atoms with Gasteiger partial charge in [-0.25, -0.2) is 4.79 Å². The van der Waals surface area contributed by atoms with Crippen LogP contribution in [0.4, 0.5) is 4.79 Å². The molecule has 126 valence electrons. The maximum absolute atomic E-state index is 12.4. The molecule has 5 heteroatoms. The standard InChI is InChI=1S/C19H24N4O/c1-16(17-7-3-2-4-8-17)21-19(24)23-13-11-22(12-14-23)15-18-9-5-6-10-20-18/h2-10,16H,11-15H2,1H3,(H,21,24). The Morgan fingerprint density at radius 2 is 1.79 bits per heavy atom. The number of hydrogen-bond acceptors (Lipinski definition) is 3. The Morgan fingerprint density at radius 3 is 2.46 bits per heavy atom. The summed E-state index contributed by atoms with van der Waals surface area (Å²) < 4.78 is 0. The van der Waals surface area contributed by atoms with E-state index in [2.05, 4.69) is 15.2 Å². The fourth-order valence-corrected chi connectivity index (χ4v) is 2.93. The van der Waals surface area contributed by atoms with Crippen LogP contribution in [0.25, 0.3) is 0 Å². The summed E-state index contributed by atoms with van der Waals surface area (Å²) in [6.07, 6.45) is 1.82. The molecule has 1 fully saturated rings. The minimum absolute atomic E-state index is 0.0174. The van der Waals surface area contributed by atoms with Crippen molar-refractivity contribution >= 4 is 6.03 Å². The third kappa shape index (κ3) is 4.32. The Bertz CT molecular complexity index is 639. The van der Waals surface area contributed by atoms with Crippen LogP contribution in [-0.4, -0.2) is 47.0 Å². The van der Waals surface area contributed by atoms with E-state index in [1.807, 2.05) is 66.6 Å². The highest BCUT2D eigenvalue weighted by Gasteiger charge is 2.22. The van der Waals surface area contributed by atoms with Gasteiger partial charge in [0.2, 0.25) is 0 Å². The number of benzene rings is 1. The Hall–Kier alpha value is -2.40. The number of carbonyl (C=O) groups excluding carboxylic acids is 1. The number of rotatable bonds is 4. The van der Waals surface area contributed by atoms with Gasteiger partial charge in [0, 0.05) is 38.9 Å². The summed E-state index contributed by atoms with van der Waals surface area (Å²) in [6.45, 7) is 6.12. The van der Waals surface area contributed by atoms with Gasteiger partial charge in [0.25, 0.3) is 0 Å². The van der Waals surface area contributed by atoms with Crippen molar-refractivity contribution in [3.63, 3.8) is 0 Å². The first kappa shape index (κ1) is 16.5. The normalized spacial score (nSPS) is 16.6. The smallest absolute Gasteiger partial charge is 0.317 e. The lowest BCUT2D eigenvalue weighted by atomic mass is 10.1. The van der Waals surface area contributed by atoms with Crippen molar-refractivity contribution < 1.29 is 4.79 Å². The number of hydrogen-bond donors (Lipinski definition) is 1. The number of nitrogens with zero attached hydrogens (tertiary/aromatic N) is 3. The number of aromatic nitrogens is 1. The van der Waals surface area contributed by atoms with Gasteiger partial charge < -0.3 is 10.2 Å². The average Bonchev–Trinajstić information content (AvgIpc) is 2.64. The van der Waals surface area contributed by atoms with Crippen molar-refractivity contribution in [3.8, 4) is 0 Å². The molecule has 1 saturated heterocycles. The Kier molecular flexibility index (Phi) is 5.43. The first-order chi connectivity index (χ1) is 11.7. The van der Waals surface area contributed by atoms with Gasteiger partial charge in [0.15, 0.2) is 0 Å². The summed E-state index contributed by atoms with van der Waals surface area (Å²) in [5.41, 5.74) is 2.20. The molecule has 2 aromatic rings. The summed E-state index contributed by atoms with van der Waals surface area (Å²) >= 11 is 0. The molecule has 1 unspecified atom stereocenters. The molecule has 3 rings (SSSR count). The predicted molar refractivity (Wildman–Crippen MR) is 94.5 cm³/mol. The SMILES string of the molecule is CC(NC(=O)N1CCN(Cc2ccccn2)CC1)c1ccccc1. The topological polar surface area (TPSA) is 48.5 Å². The van der Waals surface area contributed by atoms with Gasteiger partial charge in [0.1, 0.15) is 0 Å². The van der Waals surface area contributed by atoms with Gasteiger partial charge in [-0.3, -0.25) is 9.88 Å². The summed E-state index contributed by atoms with van der Waals surface area (Å²) in [6, 6.07) is 16.1. The predicted octanol–water partition coefficient (Wildman–Crippen LogP) is 2.67. The van der Waals surface area contributed by atoms with Crippen molar-refractivity contribution in [2.45, 2.75) is 19.5 Å². The van der Waals surface area contributed by atoms with Crippen LogP contribution in [0, 0.1) is 0 Å². The average molecular weight is 324 g/mol. The molecule has 5 nitrogen and oxygen atoms in total. The van der Waals surface area contributed by atoms with Crippen LogP contribution >= 0.6 is 0 Å². The summed E-state index contributed by atoms with van der Waals surface area (Å²) in [7, 11) is 0. The quantitative estimate of drug-likeness (QED) is 0.940. The van der Waals surface area contributed by atoms with E-state index in [4.69, 9.17) is 0 Å². The van der Waals surface area contributed by atoms with Crippen molar-refractivity contribution in [1.29, 1.82) is 0 Å². The van der Waals surface area contributed by atoms with E-state index in [1.165, 1.54) is 0 Å². The van der Waals surface area contributed by atoms with Gasteiger partial charge in [-0.1, -0.05) is 36.4 Å². The number of nitrogens with one attached hydrogen (secondary N) is 1. The van der Waals surface area contributed by atoms with E-state index in [9.17, 15) is 4.79 Å². The van der Waals surface area contributed by atoms with Crippen LogP contribution < -0.4 is 5.32 Å². The zero-order chi connectivity index (χ0) is 16.8. The third-order valence-electron chi connectivity index (χ3n) is 4.41. The molecular formula is C19H24N4O. The van der Waals surface area contributed by atoms with Gasteiger partial charge in [0.05, 0.1) is 11.7 Å². The molecule has 0 aliphatic carbocycles. The van der Waals surface area contributed by atoms with E-state index < -0.39 is 0 Å². The van der Waals surface area contributed by atoms with Gasteiger partial charge in [-0.15, -0.1) is 0 Å². The number of carbonyl (C=O) groups is 1. The fourth-order valence-electron chi connectivity index (χ4n) is 2.93. The Morgan fingerprint density at radius 1 is 1.08 bits per heavy atom. The molecule has 0 radical (unpaired) electrons. The van der Waals surface area contributed by atoms with Crippen LogP contribution in [0.3, 0.4) is 0 Å². The molecule has 1 aliphatic heterocycles. The summed E-state index contributed by atoms with van der Waals surface area (Å²) in [5.74, 6) is 0. The first-order valence-electron chi connectivity index (χ1n) is 8.45. The Balaban J connectivity index is 1.47. The zero-order valence-electron chi connectivity index (χ0n) is 14.1. The second kappa shape index (κ2) is 7.93. The highest BCUT2D eigenvalue weighted by Crippen LogP contribution is 2.13. The monoisotopic (exact) mass is 324 g/mol. The van der Waals surface area contributed by atoms with Crippen LogP contribution in [0.5, 0.6) is 0 Å². The van der Waals surface area contributed by atoms with Crippen molar-refractivity contribution in [2.75, 3.05) is 26.2 Å². The molecule has 1 aromatic heterocycles. The van der Waals surface area contributed by atoms with Crippen LogP contribution in [0.2, 0.25) is 0 Å². The maximum atomic E-state index is 12.4. The second-order valence-corrected chi connectivity index (χ2v) is 6.17. The van der Waals surface area contributed by atoms with E-state index in [1.54, 1.807) is 0 Å². The summed E-state index contributed by atoms with van der Waals surface area (Å²) in [5, 5.41) is 3.09. The molecular weight excluding hydrogens is 300 g/mol. The van der Waals surface area contributed by atoms with Gasteiger partial charge in [-0.05, 0) is 24.6 Å². The Labute approximate surface area is 143 Å². The highest BCUT2D eigenvalue weighted by molar-refractivity contribution is 5.74. The lowest BCUT2D eigenvalue weighted by Gasteiger charge is -2.35. The second-order valence-electron chi connectivity index (χ2n) is 6.17. The van der Waals surface area contributed by atoms with Crippen molar-refractivity contribution in [2.24, 2.45) is 0 Å². The van der Waals surface area contributed by atoms with Gasteiger partial charge in [-0.2, -0.15) is 0 Å². The molecule has 2 heterocycles.